The predicted octanol–water partition coefficient (Wildman–Crippen LogP) is 13.7. The smallest absolute Gasteiger partial charge is 0.0562 e. The van der Waals surface area contributed by atoms with E-state index < -0.39 is 0 Å². The fourth-order valence-electron chi connectivity index (χ4n) is 8.92. The van der Waals surface area contributed by atoms with Crippen molar-refractivity contribution in [1.82, 2.24) is 9.13 Å². The van der Waals surface area contributed by atoms with E-state index in [0.717, 1.165) is 5.69 Å². The number of hydrogen-bond acceptors (Lipinski definition) is 1. The number of nitrogens with zero attached hydrogens (tertiary/aromatic N) is 2. The Morgan fingerprint density at radius 1 is 0.294 bits per heavy atom. The molecule has 0 saturated carbocycles. The van der Waals surface area contributed by atoms with E-state index in [0.29, 0.717) is 0 Å². The van der Waals surface area contributed by atoms with Gasteiger partial charge in [-0.1, -0.05) is 121 Å². The fourth-order valence-corrected chi connectivity index (χ4v) is 10.2. The van der Waals surface area contributed by atoms with Crippen LogP contribution < -0.4 is 0 Å². The summed E-state index contributed by atoms with van der Waals surface area (Å²) >= 11 is 1.91. The average molecular weight is 665 g/mol. The molecule has 0 aliphatic rings. The quantitative estimate of drug-likeness (QED) is 0.163. The van der Waals surface area contributed by atoms with Gasteiger partial charge >= 0.3 is 0 Å². The van der Waals surface area contributed by atoms with Gasteiger partial charge < -0.3 is 9.13 Å². The van der Waals surface area contributed by atoms with Gasteiger partial charge in [0.2, 0.25) is 0 Å². The van der Waals surface area contributed by atoms with Crippen LogP contribution in [-0.4, -0.2) is 9.13 Å². The van der Waals surface area contributed by atoms with Crippen LogP contribution in [0.25, 0.3) is 107 Å². The molecule has 9 aromatic carbocycles. The molecule has 12 rings (SSSR count). The van der Waals surface area contributed by atoms with Crippen molar-refractivity contribution in [2.45, 2.75) is 0 Å². The maximum absolute atomic E-state index is 2.51. The van der Waals surface area contributed by atoms with Crippen molar-refractivity contribution in [1.29, 1.82) is 0 Å². The normalized spacial score (nSPS) is 12.3. The fraction of sp³-hybridized carbons (Fsp3) is 0. The van der Waals surface area contributed by atoms with Crippen molar-refractivity contribution >= 4 is 107 Å². The van der Waals surface area contributed by atoms with E-state index in [1.807, 2.05) is 11.3 Å². The molecule has 0 unspecified atom stereocenters. The molecule has 3 aromatic heterocycles. The molecule has 0 bridgehead atoms. The Bertz CT molecular complexity index is 3340. The Morgan fingerprint density at radius 2 is 0.765 bits per heavy atom. The van der Waals surface area contributed by atoms with Gasteiger partial charge in [0.25, 0.3) is 0 Å². The Hall–Kier alpha value is -6.42. The largest absolute Gasteiger partial charge is 0.309 e. The van der Waals surface area contributed by atoms with Gasteiger partial charge in [0.05, 0.1) is 22.1 Å². The Labute approximate surface area is 296 Å². The Balaban J connectivity index is 1.23. The van der Waals surface area contributed by atoms with E-state index in [9.17, 15) is 0 Å². The van der Waals surface area contributed by atoms with Crippen LogP contribution in [0.5, 0.6) is 0 Å². The van der Waals surface area contributed by atoms with Gasteiger partial charge in [-0.2, -0.15) is 0 Å². The van der Waals surface area contributed by atoms with Gasteiger partial charge in [0.1, 0.15) is 0 Å². The summed E-state index contributed by atoms with van der Waals surface area (Å²) in [5.74, 6) is 0. The minimum atomic E-state index is 1.16. The van der Waals surface area contributed by atoms with Crippen LogP contribution in [0.4, 0.5) is 0 Å². The van der Waals surface area contributed by atoms with Crippen LogP contribution in [0.2, 0.25) is 0 Å². The van der Waals surface area contributed by atoms with Crippen LogP contribution in [-0.2, 0) is 0 Å². The first-order chi connectivity index (χ1) is 25.3. The standard InChI is InChI=1S/C48H28N2S/c1-2-13-33-31(11-1)32-12-3-4-14-34(32)41-27-29(21-23-35(33)41)50-44-26-25-39-38-17-7-10-20-46(38)51-48(39)47(44)40-24-22-30(28-45(40)50)49-42-18-8-5-15-36(42)37-16-6-9-19-43(37)49/h1-28H. The number of thiophene rings is 1. The van der Waals surface area contributed by atoms with Crippen LogP contribution >= 0.6 is 11.3 Å². The summed E-state index contributed by atoms with van der Waals surface area (Å²) in [6.45, 7) is 0. The lowest BCUT2D eigenvalue weighted by atomic mass is 9.94. The van der Waals surface area contributed by atoms with Gasteiger partial charge in [-0.3, -0.25) is 0 Å². The van der Waals surface area contributed by atoms with Gasteiger partial charge in [-0.25, -0.2) is 0 Å². The van der Waals surface area contributed by atoms with Crippen molar-refractivity contribution in [3.8, 4) is 11.4 Å². The third-order valence-corrected chi connectivity index (χ3v) is 12.3. The molecule has 3 heteroatoms. The van der Waals surface area contributed by atoms with E-state index in [4.69, 9.17) is 0 Å². The molecular weight excluding hydrogens is 637 g/mol. The highest BCUT2D eigenvalue weighted by Gasteiger charge is 2.20. The number of para-hydroxylation sites is 2. The van der Waals surface area contributed by atoms with Crippen LogP contribution in [0.1, 0.15) is 0 Å². The molecule has 0 saturated heterocycles. The van der Waals surface area contributed by atoms with Crippen LogP contribution in [0.15, 0.2) is 170 Å². The molecule has 12 aromatic rings. The molecule has 0 spiro atoms. The van der Waals surface area contributed by atoms with Crippen molar-refractivity contribution in [2.75, 3.05) is 0 Å². The summed E-state index contributed by atoms with van der Waals surface area (Å²) in [5.41, 5.74) is 7.21. The van der Waals surface area contributed by atoms with Crippen molar-refractivity contribution < 1.29 is 0 Å². The lowest BCUT2D eigenvalue weighted by molar-refractivity contribution is 1.16. The highest BCUT2D eigenvalue weighted by atomic mass is 32.1. The SMILES string of the molecule is c1ccc2c(c1)sc1c2ccc2c1c1ccc(-n3c4ccccc4c4ccccc43)cc1n2-c1ccc2c3ccccc3c3ccccc3c2c1. The minimum Gasteiger partial charge on any atom is -0.309 e. The summed E-state index contributed by atoms with van der Waals surface area (Å²) in [4.78, 5) is 0. The summed E-state index contributed by atoms with van der Waals surface area (Å²) < 4.78 is 7.61. The monoisotopic (exact) mass is 664 g/mol. The van der Waals surface area contributed by atoms with Crippen molar-refractivity contribution in [2.24, 2.45) is 0 Å². The van der Waals surface area contributed by atoms with Crippen molar-refractivity contribution in [3.63, 3.8) is 0 Å². The number of rotatable bonds is 2. The number of hydrogen-bond donors (Lipinski definition) is 0. The molecule has 0 aliphatic carbocycles. The van der Waals surface area contributed by atoms with E-state index in [-0.39, 0.29) is 0 Å². The lowest BCUT2D eigenvalue weighted by Gasteiger charge is -2.14. The second kappa shape index (κ2) is 10.1. The zero-order chi connectivity index (χ0) is 33.2. The van der Waals surface area contributed by atoms with Gasteiger partial charge in [0, 0.05) is 53.1 Å². The lowest BCUT2D eigenvalue weighted by Crippen LogP contribution is -1.97. The number of benzene rings is 9. The number of aromatic nitrogens is 2. The molecule has 2 nitrogen and oxygen atoms in total. The predicted molar refractivity (Wildman–Crippen MR) is 221 cm³/mol. The molecule has 0 radical (unpaired) electrons. The molecule has 0 amide bonds. The molecule has 0 atom stereocenters. The molecule has 51 heavy (non-hydrogen) atoms. The average Bonchev–Trinajstić information content (AvgIpc) is 3.85. The maximum Gasteiger partial charge on any atom is 0.0562 e. The summed E-state index contributed by atoms with van der Waals surface area (Å²) in [6, 6.07) is 62.9. The maximum atomic E-state index is 2.51. The molecule has 3 heterocycles. The van der Waals surface area contributed by atoms with Crippen LogP contribution in [0.3, 0.4) is 0 Å². The minimum absolute atomic E-state index is 1.16. The van der Waals surface area contributed by atoms with E-state index in [2.05, 4.69) is 179 Å². The van der Waals surface area contributed by atoms with E-state index in [1.54, 1.807) is 0 Å². The molecule has 0 N–H and O–H groups in total. The second-order valence-corrected chi connectivity index (χ2v) is 14.7. The van der Waals surface area contributed by atoms with Gasteiger partial charge in [-0.05, 0) is 80.8 Å². The molecule has 236 valence electrons. The first-order valence-electron chi connectivity index (χ1n) is 17.5. The van der Waals surface area contributed by atoms with Gasteiger partial charge in [-0.15, -0.1) is 11.3 Å². The summed E-state index contributed by atoms with van der Waals surface area (Å²) in [5, 5.41) is 15.5. The zero-order valence-corrected chi connectivity index (χ0v) is 28.3. The summed E-state index contributed by atoms with van der Waals surface area (Å²) in [6.07, 6.45) is 0. The molecular formula is C48H28N2S. The first kappa shape index (κ1) is 27.4. The highest BCUT2D eigenvalue weighted by Crippen LogP contribution is 2.45. The molecule has 0 aliphatic heterocycles. The Kier molecular flexibility index (Phi) is 5.41. The third kappa shape index (κ3) is 3.65. The third-order valence-electron chi connectivity index (χ3n) is 11.1. The highest BCUT2D eigenvalue weighted by molar-refractivity contribution is 7.26. The second-order valence-electron chi connectivity index (χ2n) is 13.7. The van der Waals surface area contributed by atoms with E-state index >= 15 is 0 Å². The Morgan fingerprint density at radius 3 is 1.43 bits per heavy atom. The zero-order valence-electron chi connectivity index (χ0n) is 27.5. The number of fused-ring (bicyclic) bond motifs is 16. The van der Waals surface area contributed by atoms with Gasteiger partial charge in [0.15, 0.2) is 0 Å². The van der Waals surface area contributed by atoms with Crippen LogP contribution in [0, 0.1) is 0 Å². The topological polar surface area (TPSA) is 9.86 Å². The van der Waals surface area contributed by atoms with Crippen molar-refractivity contribution in [3.05, 3.63) is 170 Å². The molecule has 0 fully saturated rings. The summed E-state index contributed by atoms with van der Waals surface area (Å²) in [7, 11) is 0. The van der Waals surface area contributed by atoms with E-state index in [1.165, 1.54) is 102 Å². The first-order valence-corrected chi connectivity index (χ1v) is 18.3.